The van der Waals surface area contributed by atoms with Gasteiger partial charge in [-0.25, -0.2) is 4.79 Å². The molecule has 8 nitrogen and oxygen atoms in total. The van der Waals surface area contributed by atoms with E-state index in [1.807, 2.05) is 0 Å². The molecule has 0 radical (unpaired) electrons. The molecule has 0 spiro atoms. The molecule has 0 unspecified atom stereocenters. The molecule has 0 aliphatic heterocycles. The van der Waals surface area contributed by atoms with Crippen molar-refractivity contribution in [1.82, 2.24) is 0 Å². The van der Waals surface area contributed by atoms with Gasteiger partial charge >= 0.3 is 5.97 Å². The molecule has 0 saturated heterocycles. The van der Waals surface area contributed by atoms with Crippen LogP contribution in [0.4, 0.5) is 0 Å². The monoisotopic (exact) mass is 362 g/mol. The molecule has 8 heteroatoms. The van der Waals surface area contributed by atoms with Crippen molar-refractivity contribution >= 4 is 17.4 Å². The maximum atomic E-state index is 11.4. The van der Waals surface area contributed by atoms with Gasteiger partial charge in [0.05, 0.1) is 18.4 Å². The van der Waals surface area contributed by atoms with Crippen LogP contribution in [0.15, 0.2) is 66.2 Å². The van der Waals surface area contributed by atoms with Gasteiger partial charge in [0.1, 0.15) is 23.0 Å². The maximum absolute atomic E-state index is 11.4. The molecule has 2 aliphatic rings. The van der Waals surface area contributed by atoms with Crippen molar-refractivity contribution in [2.45, 2.75) is 12.8 Å². The molecule has 2 aliphatic carbocycles. The number of carboxylic acids is 1. The van der Waals surface area contributed by atoms with E-state index in [9.17, 15) is 9.90 Å². The molecule has 1 aromatic carbocycles. The maximum Gasteiger partial charge on any atom is 0.335 e. The Morgan fingerprint density at radius 2 is 1.33 bits per heavy atom. The Hall–Kier alpha value is -3.99. The van der Waals surface area contributed by atoms with Crippen LogP contribution in [0.5, 0.6) is 11.5 Å². The Morgan fingerprint density at radius 3 is 1.67 bits per heavy atom. The highest BCUT2D eigenvalue weighted by atomic mass is 16.5. The first-order valence-electron chi connectivity index (χ1n) is 8.00. The molecule has 134 valence electrons. The van der Waals surface area contributed by atoms with E-state index in [0.29, 0.717) is 47.3 Å². The van der Waals surface area contributed by atoms with E-state index in [2.05, 4.69) is 9.58 Å². The van der Waals surface area contributed by atoms with Gasteiger partial charge in [-0.3, -0.25) is 0 Å². The molecule has 0 atom stereocenters. The Bertz CT molecular complexity index is 948. The predicted octanol–water partition coefficient (Wildman–Crippen LogP) is 3.17. The van der Waals surface area contributed by atoms with Crippen LogP contribution < -0.4 is 9.47 Å². The third-order valence-corrected chi connectivity index (χ3v) is 3.76. The highest BCUT2D eigenvalue weighted by molar-refractivity contribution is 5.93. The molecule has 0 fully saturated rings. The van der Waals surface area contributed by atoms with Crippen LogP contribution in [-0.2, 0) is 0 Å². The van der Waals surface area contributed by atoms with Crippen molar-refractivity contribution in [2.24, 2.45) is 0 Å². The average Bonchev–Trinajstić information content (AvgIpc) is 2.69. The van der Waals surface area contributed by atoms with E-state index >= 15 is 0 Å². The summed E-state index contributed by atoms with van der Waals surface area (Å²) in [6.07, 6.45) is 10.7. The Morgan fingerprint density at radius 1 is 0.852 bits per heavy atom. The zero-order valence-electron chi connectivity index (χ0n) is 14.1. The highest BCUT2D eigenvalue weighted by Gasteiger charge is 2.15. The summed E-state index contributed by atoms with van der Waals surface area (Å²) in [5, 5.41) is 9.32. The second-order valence-electron chi connectivity index (χ2n) is 5.67. The molecule has 1 N–H and O–H groups in total. The fourth-order valence-corrected chi connectivity index (χ4v) is 2.42. The van der Waals surface area contributed by atoms with E-state index in [1.165, 1.54) is 12.1 Å². The van der Waals surface area contributed by atoms with Crippen molar-refractivity contribution in [1.29, 1.82) is 0 Å². The number of nitrogens with zero attached hydrogens (tertiary/aromatic N) is 4. The zero-order chi connectivity index (χ0) is 19.2. The fourth-order valence-electron chi connectivity index (χ4n) is 2.42. The van der Waals surface area contributed by atoms with Crippen LogP contribution in [0, 0.1) is 0 Å². The predicted molar refractivity (Wildman–Crippen MR) is 95.6 cm³/mol. The summed E-state index contributed by atoms with van der Waals surface area (Å²) in [6.45, 7) is 0. The minimum Gasteiger partial charge on any atom is -0.478 e. The van der Waals surface area contributed by atoms with E-state index in [4.69, 9.17) is 20.5 Å². The topological polar surface area (TPSA) is 129 Å². The Balaban J connectivity index is 1.82. The van der Waals surface area contributed by atoms with Crippen LogP contribution in [0.25, 0.3) is 11.1 Å². The highest BCUT2D eigenvalue weighted by Crippen LogP contribution is 2.27. The van der Waals surface area contributed by atoms with Gasteiger partial charge in [-0.1, -0.05) is 0 Å². The van der Waals surface area contributed by atoms with Gasteiger partial charge in [0.15, 0.2) is 0 Å². The third-order valence-electron chi connectivity index (χ3n) is 3.76. The summed E-state index contributed by atoms with van der Waals surface area (Å²) >= 11 is 0. The lowest BCUT2D eigenvalue weighted by atomic mass is 10.1. The van der Waals surface area contributed by atoms with Gasteiger partial charge < -0.3 is 25.6 Å². The van der Waals surface area contributed by atoms with Gasteiger partial charge in [-0.05, 0) is 36.4 Å². The van der Waals surface area contributed by atoms with E-state index in [1.54, 1.807) is 42.5 Å². The van der Waals surface area contributed by atoms with Crippen molar-refractivity contribution in [3.63, 3.8) is 0 Å². The Kier molecular flexibility index (Phi) is 5.23. The van der Waals surface area contributed by atoms with Crippen molar-refractivity contribution in [3.05, 3.63) is 82.8 Å². The second-order valence-corrected chi connectivity index (χ2v) is 5.67. The summed E-state index contributed by atoms with van der Waals surface area (Å²) < 4.78 is 11.4. The Labute approximate surface area is 154 Å². The molecule has 0 saturated carbocycles. The molecule has 3 rings (SSSR count). The first-order valence-corrected chi connectivity index (χ1v) is 8.00. The smallest absolute Gasteiger partial charge is 0.335 e. The number of carboxylic acid groups (broad SMARTS) is 1. The number of hydrogen-bond acceptors (Lipinski definition) is 3. The lowest BCUT2D eigenvalue weighted by Gasteiger charge is -2.13. The van der Waals surface area contributed by atoms with Gasteiger partial charge in [0.25, 0.3) is 11.4 Å². The number of rotatable bonds is 5. The minimum absolute atomic E-state index is 0.0125. The standard InChI is InChI=1S/C19H14N4O4/c20-22-13-1-5-15(6-2-13)26-17-9-12(19(24)25)10-18(11-17)27-16-7-3-14(23-21)4-8-16/h1,3,5-11H,2,4H2,(H,24,25). The third kappa shape index (κ3) is 4.55. The van der Waals surface area contributed by atoms with E-state index < -0.39 is 5.97 Å². The summed E-state index contributed by atoms with van der Waals surface area (Å²) in [6, 6.07) is 4.35. The lowest BCUT2D eigenvalue weighted by Crippen LogP contribution is -2.05. The summed E-state index contributed by atoms with van der Waals surface area (Å²) in [5.74, 6) is 0.468. The zero-order valence-corrected chi connectivity index (χ0v) is 14.1. The van der Waals surface area contributed by atoms with Crippen LogP contribution in [0.3, 0.4) is 0 Å². The fraction of sp³-hybridized carbons (Fsp3) is 0.105. The SMILES string of the molecule is [N-]=[N+]=C1C=CC(Oc2cc(OC3=CCC(=[N+]=[N-])C=C3)cc(C(=O)O)c2)=CC1. The quantitative estimate of drug-likeness (QED) is 0.637. The second kappa shape index (κ2) is 7.93. The van der Waals surface area contributed by atoms with Gasteiger partial charge in [0, 0.05) is 18.2 Å². The number of allylic oxidation sites excluding steroid dienone is 6. The van der Waals surface area contributed by atoms with Gasteiger partial charge in [-0.15, -0.1) is 0 Å². The number of aromatic carboxylic acids is 1. The normalized spacial score (nSPS) is 15.4. The number of carbonyl (C=O) groups is 1. The first kappa shape index (κ1) is 17.8. The summed E-state index contributed by atoms with van der Waals surface area (Å²) in [5.41, 5.74) is 18.5. The van der Waals surface area contributed by atoms with Crippen LogP contribution in [0.1, 0.15) is 23.2 Å². The lowest BCUT2D eigenvalue weighted by molar-refractivity contribution is -0.00595. The van der Waals surface area contributed by atoms with Gasteiger partial charge in [-0.2, -0.15) is 9.58 Å². The number of hydrogen-bond donors (Lipinski definition) is 1. The van der Waals surface area contributed by atoms with E-state index in [-0.39, 0.29) is 5.56 Å². The number of ether oxygens (including phenoxy) is 2. The average molecular weight is 362 g/mol. The largest absolute Gasteiger partial charge is 0.478 e. The first-order chi connectivity index (χ1) is 13.1. The van der Waals surface area contributed by atoms with Crippen LogP contribution in [0.2, 0.25) is 0 Å². The molecular weight excluding hydrogens is 348 g/mol. The summed E-state index contributed by atoms with van der Waals surface area (Å²) in [4.78, 5) is 17.6. The van der Waals surface area contributed by atoms with E-state index in [0.717, 1.165) is 0 Å². The molecular formula is C19H14N4O4. The summed E-state index contributed by atoms with van der Waals surface area (Å²) in [7, 11) is 0. The van der Waals surface area contributed by atoms with Crippen molar-refractivity contribution in [2.75, 3.05) is 0 Å². The molecule has 0 amide bonds. The van der Waals surface area contributed by atoms with Crippen molar-refractivity contribution in [3.8, 4) is 11.5 Å². The van der Waals surface area contributed by atoms with Crippen molar-refractivity contribution < 1.29 is 29.0 Å². The number of benzene rings is 1. The van der Waals surface area contributed by atoms with Gasteiger partial charge in [0.2, 0.25) is 0 Å². The molecule has 0 bridgehead atoms. The molecule has 0 aromatic heterocycles. The van der Waals surface area contributed by atoms with Crippen LogP contribution >= 0.6 is 0 Å². The molecule has 27 heavy (non-hydrogen) atoms. The molecule has 1 aromatic rings. The molecule has 0 heterocycles. The minimum atomic E-state index is -1.11. The van der Waals surface area contributed by atoms with Crippen LogP contribution in [-0.4, -0.2) is 32.1 Å².